The third-order valence-electron chi connectivity index (χ3n) is 5.35. The molecule has 2 aliphatic heterocycles. The maximum Gasteiger partial charge on any atom is 0.322 e. The van der Waals surface area contributed by atoms with Gasteiger partial charge in [-0.05, 0) is 41.1 Å². The molecule has 9 nitrogen and oxygen atoms in total. The van der Waals surface area contributed by atoms with E-state index in [1.165, 1.54) is 23.3 Å². The largest absolute Gasteiger partial charge is 0.328 e. The van der Waals surface area contributed by atoms with Gasteiger partial charge in [0.2, 0.25) is 0 Å². The highest BCUT2D eigenvalue weighted by molar-refractivity contribution is 9.10. The molecule has 3 amide bonds. The first kappa shape index (κ1) is 20.8. The van der Waals surface area contributed by atoms with Gasteiger partial charge in [-0.1, -0.05) is 0 Å². The molecule has 0 saturated heterocycles. The van der Waals surface area contributed by atoms with Crippen molar-refractivity contribution in [2.75, 3.05) is 18.9 Å². The number of hydrogen-bond acceptors (Lipinski definition) is 5. The molecule has 30 heavy (non-hydrogen) atoms. The van der Waals surface area contributed by atoms with Crippen LogP contribution in [-0.2, 0) is 24.3 Å². The molecule has 0 spiro atoms. The molecule has 1 aromatic carbocycles. The fourth-order valence-electron chi connectivity index (χ4n) is 3.77. The highest BCUT2D eigenvalue weighted by Crippen LogP contribution is 2.29. The van der Waals surface area contributed by atoms with Crippen LogP contribution in [0.1, 0.15) is 28.7 Å². The Bertz CT molecular complexity index is 1010. The maximum absolute atomic E-state index is 13.5. The van der Waals surface area contributed by atoms with E-state index in [1.54, 1.807) is 16.6 Å². The molecule has 1 unspecified atom stereocenters. The molecular formula is C19H22BrFN6O3. The molecule has 2 aliphatic rings. The number of amides is 3. The van der Waals surface area contributed by atoms with Crippen molar-refractivity contribution in [1.82, 2.24) is 19.7 Å². The van der Waals surface area contributed by atoms with Crippen LogP contribution in [0.15, 0.2) is 22.7 Å². The van der Waals surface area contributed by atoms with Crippen LogP contribution < -0.4 is 11.1 Å². The highest BCUT2D eigenvalue weighted by atomic mass is 79.9. The highest BCUT2D eigenvalue weighted by Gasteiger charge is 2.37. The number of urea groups is 1. The molecule has 3 N–H and O–H groups in total. The number of aromatic nitrogens is 2. The Hall–Kier alpha value is -2.50. The van der Waals surface area contributed by atoms with Crippen LogP contribution in [-0.4, -0.2) is 57.4 Å². The second-order valence-corrected chi connectivity index (χ2v) is 8.32. The van der Waals surface area contributed by atoms with Crippen LogP contribution in [0.25, 0.3) is 0 Å². The van der Waals surface area contributed by atoms with Gasteiger partial charge >= 0.3 is 6.03 Å². The van der Waals surface area contributed by atoms with Gasteiger partial charge < -0.3 is 16.0 Å². The monoisotopic (exact) mass is 480 g/mol. The maximum atomic E-state index is 13.5. The van der Waals surface area contributed by atoms with E-state index in [4.69, 9.17) is 10.6 Å². The minimum Gasteiger partial charge on any atom is -0.328 e. The average Bonchev–Trinajstić information content (AvgIpc) is 2.99. The molecule has 0 fully saturated rings. The number of halogens is 2. The summed E-state index contributed by atoms with van der Waals surface area (Å²) < 4.78 is 15.4. The molecule has 2 aromatic rings. The van der Waals surface area contributed by atoms with Crippen LogP contribution in [0.2, 0.25) is 0 Å². The average molecular weight is 481 g/mol. The Morgan fingerprint density at radius 3 is 2.93 bits per heavy atom. The van der Waals surface area contributed by atoms with Crippen molar-refractivity contribution in [3.05, 3.63) is 45.4 Å². The van der Waals surface area contributed by atoms with Gasteiger partial charge in [-0.25, -0.2) is 14.2 Å². The fourth-order valence-corrected chi connectivity index (χ4v) is 4.15. The van der Waals surface area contributed by atoms with E-state index in [-0.39, 0.29) is 41.6 Å². The van der Waals surface area contributed by atoms with Crippen molar-refractivity contribution in [1.29, 1.82) is 0 Å². The first-order chi connectivity index (χ1) is 14.3. The zero-order valence-electron chi connectivity index (χ0n) is 16.6. The lowest BCUT2D eigenvalue weighted by molar-refractivity contribution is -0.144. The molecule has 160 valence electrons. The number of anilines is 1. The number of nitrogens with zero attached hydrogens (tertiary/aromatic N) is 4. The molecule has 0 saturated carbocycles. The minimum atomic E-state index is -0.410. The van der Waals surface area contributed by atoms with Crippen molar-refractivity contribution in [2.45, 2.75) is 38.6 Å². The summed E-state index contributed by atoms with van der Waals surface area (Å²) in [5.74, 6) is -0.732. The molecule has 3 heterocycles. The third-order valence-corrected chi connectivity index (χ3v) is 5.96. The van der Waals surface area contributed by atoms with E-state index in [1.807, 2.05) is 6.92 Å². The molecule has 0 aliphatic carbocycles. The van der Waals surface area contributed by atoms with Crippen molar-refractivity contribution in [3.63, 3.8) is 0 Å². The Kier molecular flexibility index (Phi) is 5.51. The minimum absolute atomic E-state index is 0.130. The second kappa shape index (κ2) is 7.97. The van der Waals surface area contributed by atoms with Crippen LogP contribution in [0.4, 0.5) is 14.9 Å². The van der Waals surface area contributed by atoms with Crippen molar-refractivity contribution in [2.24, 2.45) is 5.73 Å². The van der Waals surface area contributed by atoms with Gasteiger partial charge in [0, 0.05) is 37.3 Å². The topological polar surface area (TPSA) is 106 Å². The lowest BCUT2D eigenvalue weighted by Gasteiger charge is -2.33. The first-order valence-electron chi connectivity index (χ1n) is 9.54. The molecule has 0 bridgehead atoms. The smallest absolute Gasteiger partial charge is 0.322 e. The molecular weight excluding hydrogens is 459 g/mol. The van der Waals surface area contributed by atoms with Crippen LogP contribution in [0, 0.1) is 5.82 Å². The number of carbonyl (C=O) groups is 2. The van der Waals surface area contributed by atoms with Gasteiger partial charge in [0.25, 0.3) is 5.91 Å². The number of rotatable bonds is 2. The van der Waals surface area contributed by atoms with Crippen LogP contribution in [0.3, 0.4) is 0 Å². The summed E-state index contributed by atoms with van der Waals surface area (Å²) in [5.41, 5.74) is 8.13. The van der Waals surface area contributed by atoms with Crippen molar-refractivity contribution >= 4 is 33.6 Å². The van der Waals surface area contributed by atoms with E-state index >= 15 is 0 Å². The second-order valence-electron chi connectivity index (χ2n) is 7.46. The van der Waals surface area contributed by atoms with Gasteiger partial charge in [-0.2, -0.15) is 5.10 Å². The summed E-state index contributed by atoms with van der Waals surface area (Å²) in [7, 11) is 1.54. The summed E-state index contributed by atoms with van der Waals surface area (Å²) >= 11 is 3.12. The van der Waals surface area contributed by atoms with E-state index in [0.717, 1.165) is 5.69 Å². The predicted molar refractivity (Wildman–Crippen MR) is 110 cm³/mol. The number of fused-ring (bicyclic) bond motifs is 3. The Morgan fingerprint density at radius 1 is 1.47 bits per heavy atom. The van der Waals surface area contributed by atoms with Gasteiger partial charge in [-0.3, -0.25) is 14.3 Å². The summed E-state index contributed by atoms with van der Waals surface area (Å²) in [4.78, 5) is 33.0. The van der Waals surface area contributed by atoms with Crippen LogP contribution in [0.5, 0.6) is 0 Å². The van der Waals surface area contributed by atoms with E-state index in [9.17, 15) is 14.0 Å². The lowest BCUT2D eigenvalue weighted by atomic mass is 9.99. The molecule has 1 aromatic heterocycles. The van der Waals surface area contributed by atoms with E-state index < -0.39 is 5.82 Å². The fraction of sp³-hybridized carbons (Fsp3) is 0.421. The summed E-state index contributed by atoms with van der Waals surface area (Å²) in [6.45, 7) is 2.76. The Labute approximate surface area is 181 Å². The lowest BCUT2D eigenvalue weighted by Crippen LogP contribution is -2.45. The third kappa shape index (κ3) is 3.68. The standard InChI is InChI=1S/C19H22BrFN6O3/c1-10-5-16-13(17-18(28)25(2)30-12(7-22)8-27(17)24-16)9-26(10)19(29)23-11-3-4-15(21)14(20)6-11/h3-4,6,10,12H,5,7-9,22H2,1-2H3,(H,23,29)/t10-,12?/m1/s1. The van der Waals surface area contributed by atoms with Gasteiger partial charge in [0.15, 0.2) is 0 Å². The molecule has 11 heteroatoms. The number of hydrogen-bond donors (Lipinski definition) is 2. The molecule has 0 radical (unpaired) electrons. The Balaban J connectivity index is 1.61. The number of carbonyl (C=O) groups excluding carboxylic acids is 2. The summed E-state index contributed by atoms with van der Waals surface area (Å²) in [5, 5.41) is 8.58. The Morgan fingerprint density at radius 2 is 2.23 bits per heavy atom. The zero-order valence-corrected chi connectivity index (χ0v) is 18.1. The van der Waals surface area contributed by atoms with E-state index in [0.29, 0.717) is 29.9 Å². The van der Waals surface area contributed by atoms with Gasteiger partial charge in [0.05, 0.1) is 23.3 Å². The van der Waals surface area contributed by atoms with Gasteiger partial charge in [-0.15, -0.1) is 0 Å². The normalized spacial score (nSPS) is 21.2. The number of hydroxylamine groups is 2. The van der Waals surface area contributed by atoms with Gasteiger partial charge in [0.1, 0.15) is 17.6 Å². The number of nitrogens with one attached hydrogen (secondary N) is 1. The summed E-state index contributed by atoms with van der Waals surface area (Å²) in [6.07, 6.45) is 0.149. The number of nitrogens with two attached hydrogens (primary N) is 1. The van der Waals surface area contributed by atoms with E-state index in [2.05, 4.69) is 26.3 Å². The summed E-state index contributed by atoms with van der Waals surface area (Å²) in [6, 6.07) is 3.80. The van der Waals surface area contributed by atoms with Crippen molar-refractivity contribution < 1.29 is 18.8 Å². The molecule has 2 atom stereocenters. The molecule has 4 rings (SSSR count). The zero-order chi connectivity index (χ0) is 21.6. The van der Waals surface area contributed by atoms with Crippen LogP contribution >= 0.6 is 15.9 Å². The predicted octanol–water partition coefficient (Wildman–Crippen LogP) is 2.11. The first-order valence-corrected chi connectivity index (χ1v) is 10.3. The SMILES string of the molecule is C[C@@H]1Cc2nn3c(c2CN1C(=O)Nc1ccc(F)c(Br)c1)C(=O)N(C)OC(CN)C3. The van der Waals surface area contributed by atoms with Crippen molar-refractivity contribution in [3.8, 4) is 0 Å². The quantitative estimate of drug-likeness (QED) is 0.684. The number of benzene rings is 1.